The first kappa shape index (κ1) is 31.6. The van der Waals surface area contributed by atoms with E-state index in [9.17, 15) is 0 Å². The van der Waals surface area contributed by atoms with Gasteiger partial charge in [-0.25, -0.2) is 9.97 Å². The fourth-order valence-electron chi connectivity index (χ4n) is 10.2. The van der Waals surface area contributed by atoms with Crippen molar-refractivity contribution in [2.24, 2.45) is 0 Å². The highest BCUT2D eigenvalue weighted by atomic mass is 15.1. The summed E-state index contributed by atoms with van der Waals surface area (Å²) in [5.74, 6) is 0.939. The lowest BCUT2D eigenvalue weighted by Gasteiger charge is -2.30. The van der Waals surface area contributed by atoms with Gasteiger partial charge in [-0.2, -0.15) is 0 Å². The summed E-state index contributed by atoms with van der Waals surface area (Å²) in [6.45, 7) is 0. The first-order valence-corrected chi connectivity index (χ1v) is 20.0. The molecule has 2 aliphatic carbocycles. The molecule has 11 aromatic rings. The molecule has 3 heteroatoms. The summed E-state index contributed by atoms with van der Waals surface area (Å²) in [7, 11) is 0. The molecule has 0 fully saturated rings. The summed E-state index contributed by atoms with van der Waals surface area (Å²) in [6.07, 6.45) is 0. The first-order chi connectivity index (χ1) is 28.7. The van der Waals surface area contributed by atoms with Crippen molar-refractivity contribution in [2.75, 3.05) is 0 Å². The predicted octanol–water partition coefficient (Wildman–Crippen LogP) is 13.6. The van der Waals surface area contributed by atoms with Crippen molar-refractivity contribution in [1.82, 2.24) is 14.5 Å². The second kappa shape index (κ2) is 11.7. The van der Waals surface area contributed by atoms with Gasteiger partial charge in [-0.3, -0.25) is 4.57 Å². The molecule has 58 heavy (non-hydrogen) atoms. The summed E-state index contributed by atoms with van der Waals surface area (Å²) < 4.78 is 2.27. The van der Waals surface area contributed by atoms with E-state index in [-0.39, 0.29) is 0 Å². The summed E-state index contributed by atoms with van der Waals surface area (Å²) in [5.41, 5.74) is 17.3. The number of pyridine rings is 1. The van der Waals surface area contributed by atoms with Gasteiger partial charge in [0.05, 0.1) is 27.7 Å². The molecule has 0 bridgehead atoms. The third-order valence-corrected chi connectivity index (χ3v) is 12.8. The maximum Gasteiger partial charge on any atom is 0.145 e. The lowest BCUT2D eigenvalue weighted by atomic mass is 9.70. The zero-order chi connectivity index (χ0) is 38.0. The maximum atomic E-state index is 5.56. The number of fused-ring (bicyclic) bond motifs is 15. The molecule has 268 valence electrons. The molecule has 3 nitrogen and oxygen atoms in total. The van der Waals surface area contributed by atoms with E-state index in [0.29, 0.717) is 0 Å². The highest BCUT2D eigenvalue weighted by Crippen LogP contribution is 2.63. The minimum Gasteiger partial charge on any atom is -0.292 e. The van der Waals surface area contributed by atoms with Gasteiger partial charge in [-0.15, -0.1) is 0 Å². The predicted molar refractivity (Wildman–Crippen MR) is 239 cm³/mol. The third kappa shape index (κ3) is 4.22. The molecular weight excluding hydrogens is 703 g/mol. The Morgan fingerprint density at radius 2 is 1.00 bits per heavy atom. The Labute approximate surface area is 335 Å². The van der Waals surface area contributed by atoms with E-state index in [1.54, 1.807) is 0 Å². The van der Waals surface area contributed by atoms with Crippen LogP contribution in [0.5, 0.6) is 0 Å². The van der Waals surface area contributed by atoms with Crippen molar-refractivity contribution in [1.29, 1.82) is 0 Å². The second-order valence-electron chi connectivity index (χ2n) is 15.7. The molecule has 0 radical (unpaired) electrons. The van der Waals surface area contributed by atoms with E-state index >= 15 is 0 Å². The van der Waals surface area contributed by atoms with Crippen LogP contribution in [0.3, 0.4) is 0 Å². The number of benzene rings is 9. The number of nitrogens with zero attached hydrogens (tertiary/aromatic N) is 3. The van der Waals surface area contributed by atoms with Crippen LogP contribution in [-0.2, 0) is 5.41 Å². The van der Waals surface area contributed by atoms with Crippen molar-refractivity contribution in [3.05, 3.63) is 222 Å². The molecule has 0 saturated heterocycles. The summed E-state index contributed by atoms with van der Waals surface area (Å²) >= 11 is 0. The minimum absolute atomic E-state index is 0.489. The standard InChI is InChI=1S/C55H33N3/c1-2-13-41(14-3-1)58-51-21-11-10-20-50(51)56-54(58)40-27-25-35-30-36(23-24-37(35)31-40)38-28-29-44-43-16-6-8-18-46(43)55(48(44)32-38)47-19-9-7-17-45(47)53-49(55)33-39-26-22-34-12-4-5-15-42(34)52(39)57-53/h1-33H. The lowest BCUT2D eigenvalue weighted by molar-refractivity contribution is 0.793. The maximum absolute atomic E-state index is 5.56. The average molecular weight is 736 g/mol. The first-order valence-electron chi connectivity index (χ1n) is 20.0. The summed E-state index contributed by atoms with van der Waals surface area (Å²) in [5, 5.41) is 5.95. The Morgan fingerprint density at radius 1 is 0.379 bits per heavy atom. The van der Waals surface area contributed by atoms with Crippen LogP contribution in [0.15, 0.2) is 200 Å². The number of para-hydroxylation sites is 3. The van der Waals surface area contributed by atoms with Crippen LogP contribution >= 0.6 is 0 Å². The fraction of sp³-hybridized carbons (Fsp3) is 0.0182. The Morgan fingerprint density at radius 3 is 1.88 bits per heavy atom. The Balaban J connectivity index is 0.983. The van der Waals surface area contributed by atoms with Crippen LogP contribution in [-0.4, -0.2) is 14.5 Å². The molecule has 2 heterocycles. The number of hydrogen-bond acceptors (Lipinski definition) is 2. The molecule has 9 aromatic carbocycles. The molecule has 13 rings (SSSR count). The zero-order valence-electron chi connectivity index (χ0n) is 31.4. The molecule has 1 unspecified atom stereocenters. The number of aromatic nitrogens is 3. The van der Waals surface area contributed by atoms with Crippen LogP contribution in [0.25, 0.3) is 94.1 Å². The molecule has 2 aliphatic rings. The van der Waals surface area contributed by atoms with E-state index in [2.05, 4.69) is 205 Å². The van der Waals surface area contributed by atoms with Crippen LogP contribution in [0.2, 0.25) is 0 Å². The summed E-state index contributed by atoms with van der Waals surface area (Å²) in [4.78, 5) is 10.7. The molecule has 2 aromatic heterocycles. The molecule has 1 spiro atoms. The highest BCUT2D eigenvalue weighted by molar-refractivity contribution is 6.08. The second-order valence-corrected chi connectivity index (χ2v) is 15.7. The normalized spacial score (nSPS) is 15.0. The smallest absolute Gasteiger partial charge is 0.145 e. The highest BCUT2D eigenvalue weighted by Gasteiger charge is 2.52. The molecule has 0 amide bonds. The minimum atomic E-state index is -0.489. The Kier molecular flexibility index (Phi) is 6.37. The Bertz CT molecular complexity index is 3520. The molecule has 0 aliphatic heterocycles. The molecular formula is C55H33N3. The van der Waals surface area contributed by atoms with E-state index in [4.69, 9.17) is 9.97 Å². The van der Waals surface area contributed by atoms with Crippen LogP contribution in [0, 0.1) is 0 Å². The van der Waals surface area contributed by atoms with Crippen molar-refractivity contribution < 1.29 is 0 Å². The van der Waals surface area contributed by atoms with Crippen molar-refractivity contribution in [3.8, 4) is 50.6 Å². The van der Waals surface area contributed by atoms with E-state index in [1.165, 1.54) is 77.0 Å². The average Bonchev–Trinajstić information content (AvgIpc) is 3.92. The number of hydrogen-bond donors (Lipinski definition) is 0. The van der Waals surface area contributed by atoms with E-state index < -0.39 is 5.41 Å². The zero-order valence-corrected chi connectivity index (χ0v) is 31.4. The van der Waals surface area contributed by atoms with E-state index in [0.717, 1.165) is 39.3 Å². The van der Waals surface area contributed by atoms with Crippen LogP contribution < -0.4 is 0 Å². The van der Waals surface area contributed by atoms with E-state index in [1.807, 2.05) is 0 Å². The fourth-order valence-corrected chi connectivity index (χ4v) is 10.2. The van der Waals surface area contributed by atoms with Crippen LogP contribution in [0.1, 0.15) is 22.3 Å². The van der Waals surface area contributed by atoms with Crippen molar-refractivity contribution >= 4 is 43.5 Å². The summed E-state index contributed by atoms with van der Waals surface area (Å²) in [6, 6.07) is 73.1. The SMILES string of the molecule is c1ccc(-n2c(-c3ccc4cc(-c5ccc6c(c5)C5(c7ccccc7-6)c6ccccc6-c6nc7c(ccc8ccccc87)cc65)ccc4c3)nc3ccccc32)cc1. The van der Waals surface area contributed by atoms with Gasteiger partial charge in [0.15, 0.2) is 0 Å². The van der Waals surface area contributed by atoms with Gasteiger partial charge < -0.3 is 0 Å². The van der Waals surface area contributed by atoms with Gasteiger partial charge in [0.1, 0.15) is 5.82 Å². The van der Waals surface area contributed by atoms with Crippen LogP contribution in [0.4, 0.5) is 0 Å². The molecule has 0 saturated carbocycles. The molecule has 0 N–H and O–H groups in total. The van der Waals surface area contributed by atoms with Gasteiger partial charge in [0.25, 0.3) is 0 Å². The quantitative estimate of drug-likeness (QED) is 0.169. The van der Waals surface area contributed by atoms with Gasteiger partial charge >= 0.3 is 0 Å². The van der Waals surface area contributed by atoms with Crippen molar-refractivity contribution in [3.63, 3.8) is 0 Å². The number of rotatable bonds is 3. The molecule has 1 atom stereocenters. The van der Waals surface area contributed by atoms with Crippen molar-refractivity contribution in [2.45, 2.75) is 5.41 Å². The Hall–Kier alpha value is -7.62. The van der Waals surface area contributed by atoms with Gasteiger partial charge in [0.2, 0.25) is 0 Å². The largest absolute Gasteiger partial charge is 0.292 e. The van der Waals surface area contributed by atoms with Gasteiger partial charge in [-0.05, 0) is 109 Å². The third-order valence-electron chi connectivity index (χ3n) is 12.8. The van der Waals surface area contributed by atoms with Gasteiger partial charge in [-0.1, -0.05) is 152 Å². The monoisotopic (exact) mass is 735 g/mol. The lowest BCUT2D eigenvalue weighted by Crippen LogP contribution is -2.26. The number of imidazole rings is 1. The topological polar surface area (TPSA) is 30.7 Å². The van der Waals surface area contributed by atoms with Gasteiger partial charge in [0, 0.05) is 27.6 Å².